The van der Waals surface area contributed by atoms with E-state index in [-0.39, 0.29) is 11.3 Å². The van der Waals surface area contributed by atoms with Crippen molar-refractivity contribution in [2.24, 2.45) is 5.41 Å². The van der Waals surface area contributed by atoms with E-state index in [1.54, 1.807) is 12.1 Å². The van der Waals surface area contributed by atoms with Crippen LogP contribution in [0, 0.1) is 16.7 Å². The molecule has 2 aliphatic rings. The first-order valence-electron chi connectivity index (χ1n) is 14.1. The van der Waals surface area contributed by atoms with E-state index in [4.69, 9.17) is 9.15 Å². The molecule has 39 heavy (non-hydrogen) atoms. The number of carbonyl (C=O) groups excluding carboxylic acids is 1. The zero-order valence-corrected chi connectivity index (χ0v) is 23.5. The number of ether oxygens (including phenoxy) is 1. The Morgan fingerprint density at radius 2 is 1.82 bits per heavy atom. The largest absolute Gasteiger partial charge is 0.441 e. The lowest BCUT2D eigenvalue weighted by Gasteiger charge is -2.39. The predicted octanol–water partition coefficient (Wildman–Crippen LogP) is 2.99. The smallest absolute Gasteiger partial charge is 0.408 e. The number of hydrogen-bond acceptors (Lipinski definition) is 9. The molecule has 2 aliphatic heterocycles. The fourth-order valence-electron chi connectivity index (χ4n) is 5.13. The molecule has 1 aromatic heterocycles. The molecule has 2 aromatic rings. The molecule has 3 heterocycles. The topological polar surface area (TPSA) is 124 Å². The number of morpholine rings is 1. The summed E-state index contributed by atoms with van der Waals surface area (Å²) in [6, 6.07) is 8.90. The van der Waals surface area contributed by atoms with Crippen LogP contribution >= 0.6 is 0 Å². The van der Waals surface area contributed by atoms with Crippen molar-refractivity contribution in [3.8, 4) is 6.07 Å². The summed E-state index contributed by atoms with van der Waals surface area (Å²) in [7, 11) is 0. The molecule has 4 rings (SSSR count). The molecule has 0 radical (unpaired) electrons. The van der Waals surface area contributed by atoms with Crippen LogP contribution in [0.4, 0.5) is 5.82 Å². The molecule has 0 aliphatic carbocycles. The summed E-state index contributed by atoms with van der Waals surface area (Å²) in [5.41, 5.74) is -0.465. The molecule has 1 amide bonds. The van der Waals surface area contributed by atoms with E-state index in [2.05, 4.69) is 52.3 Å². The first kappa shape index (κ1) is 29.0. The minimum absolute atomic E-state index is 0.0458. The minimum atomic E-state index is -0.919. The number of hydrogen-bond donors (Lipinski definition) is 2. The number of aromatic nitrogens is 1. The van der Waals surface area contributed by atoms with Crippen molar-refractivity contribution < 1.29 is 13.9 Å². The van der Waals surface area contributed by atoms with E-state index in [1.807, 2.05) is 12.1 Å². The van der Waals surface area contributed by atoms with Crippen LogP contribution in [0.3, 0.4) is 0 Å². The monoisotopic (exact) mass is 538 g/mol. The maximum absolute atomic E-state index is 13.7. The highest BCUT2D eigenvalue weighted by Crippen LogP contribution is 2.29. The Hall–Kier alpha value is -3.00. The summed E-state index contributed by atoms with van der Waals surface area (Å²) in [6.07, 6.45) is 3.45. The van der Waals surface area contributed by atoms with Gasteiger partial charge in [-0.25, -0.2) is 4.79 Å². The molecule has 10 nitrogen and oxygen atoms in total. The van der Waals surface area contributed by atoms with Gasteiger partial charge in [0.1, 0.15) is 23.0 Å². The second kappa shape index (κ2) is 12.9. The van der Waals surface area contributed by atoms with Gasteiger partial charge in [0.15, 0.2) is 0 Å². The van der Waals surface area contributed by atoms with Crippen molar-refractivity contribution in [3.05, 3.63) is 34.8 Å². The number of carbonyl (C=O) groups is 1. The summed E-state index contributed by atoms with van der Waals surface area (Å²) >= 11 is 0. The number of nitrogens with one attached hydrogen (secondary N) is 2. The molecule has 212 valence electrons. The van der Waals surface area contributed by atoms with Crippen LogP contribution in [0.15, 0.2) is 33.5 Å². The van der Waals surface area contributed by atoms with E-state index < -0.39 is 17.3 Å². The number of piperidine rings is 1. The number of fused-ring (bicyclic) bond motifs is 1. The van der Waals surface area contributed by atoms with Crippen molar-refractivity contribution in [1.82, 2.24) is 20.1 Å². The van der Waals surface area contributed by atoms with Crippen LogP contribution in [0.1, 0.15) is 52.9 Å². The number of benzene rings is 1. The van der Waals surface area contributed by atoms with Crippen LogP contribution in [-0.2, 0) is 9.53 Å². The van der Waals surface area contributed by atoms with Gasteiger partial charge in [0.05, 0.1) is 24.7 Å². The van der Waals surface area contributed by atoms with Crippen LogP contribution in [-0.4, -0.2) is 84.8 Å². The minimum Gasteiger partial charge on any atom is -0.408 e. The maximum Gasteiger partial charge on any atom is 0.441 e. The van der Waals surface area contributed by atoms with Gasteiger partial charge in [-0.15, -0.1) is 0 Å². The highest BCUT2D eigenvalue weighted by atomic mass is 16.5. The summed E-state index contributed by atoms with van der Waals surface area (Å²) in [6.45, 7) is 13.4. The number of nitrogens with zero attached hydrogens (tertiary/aromatic N) is 4. The Balaban J connectivity index is 1.44. The highest BCUT2D eigenvalue weighted by Gasteiger charge is 2.38. The van der Waals surface area contributed by atoms with Gasteiger partial charge in [-0.05, 0) is 43.2 Å². The van der Waals surface area contributed by atoms with Gasteiger partial charge in [0, 0.05) is 39.3 Å². The summed E-state index contributed by atoms with van der Waals surface area (Å²) < 4.78 is 10.7. The predicted molar refractivity (Wildman–Crippen MR) is 150 cm³/mol. The Bertz CT molecular complexity index is 1210. The van der Waals surface area contributed by atoms with E-state index >= 15 is 0 Å². The second-order valence-electron chi connectivity index (χ2n) is 11.6. The van der Waals surface area contributed by atoms with Gasteiger partial charge in [-0.3, -0.25) is 9.69 Å². The average molecular weight is 539 g/mol. The van der Waals surface area contributed by atoms with Crippen molar-refractivity contribution in [2.75, 3.05) is 57.8 Å². The number of amides is 1. The Labute approximate surface area is 230 Å². The molecule has 2 fully saturated rings. The second-order valence-corrected chi connectivity index (χ2v) is 11.6. The fraction of sp³-hybridized carbons (Fsp3) is 0.655. The molecule has 2 saturated heterocycles. The Morgan fingerprint density at radius 1 is 1.15 bits per heavy atom. The van der Waals surface area contributed by atoms with Crippen molar-refractivity contribution in [1.29, 1.82) is 5.26 Å². The summed E-state index contributed by atoms with van der Waals surface area (Å²) in [4.78, 5) is 34.7. The third kappa shape index (κ3) is 7.78. The standard InChI is InChI=1S/C29H42N6O4/c1-4-28(2,3)10-9-23(31-25-22-7-5-6-8-24(22)39-27(37)32-25)26(36)33-29(21-30)11-13-34(14-12-29)15-16-35-17-19-38-20-18-35/h5-8,23H,4,9-20H2,1-3H3,(H,33,36)(H,31,32,37). The molecule has 1 unspecified atom stereocenters. The Kier molecular flexibility index (Phi) is 9.59. The number of likely N-dealkylation sites (tertiary alicyclic amines) is 1. The van der Waals surface area contributed by atoms with Gasteiger partial charge in [-0.2, -0.15) is 10.2 Å². The average Bonchev–Trinajstić information content (AvgIpc) is 2.95. The molecule has 1 atom stereocenters. The summed E-state index contributed by atoms with van der Waals surface area (Å²) in [5.74, 6) is -0.647. The molecule has 2 N–H and O–H groups in total. The molecule has 0 saturated carbocycles. The van der Waals surface area contributed by atoms with Gasteiger partial charge < -0.3 is 24.7 Å². The first-order valence-corrected chi connectivity index (χ1v) is 14.1. The van der Waals surface area contributed by atoms with Crippen LogP contribution in [0.5, 0.6) is 0 Å². The van der Waals surface area contributed by atoms with E-state index in [0.29, 0.717) is 36.0 Å². The molecule has 10 heteroatoms. The number of nitriles is 1. The van der Waals surface area contributed by atoms with Gasteiger partial charge in [0.25, 0.3) is 0 Å². The number of rotatable bonds is 11. The Morgan fingerprint density at radius 3 is 2.49 bits per heavy atom. The number of para-hydroxylation sites is 1. The van der Waals surface area contributed by atoms with Crippen LogP contribution in [0.25, 0.3) is 11.0 Å². The quantitative estimate of drug-likeness (QED) is 0.444. The third-order valence-corrected chi connectivity index (χ3v) is 8.36. The van der Waals surface area contributed by atoms with Gasteiger partial charge in [0.2, 0.25) is 5.91 Å². The SMILES string of the molecule is CCC(C)(C)CCC(Nc1nc(=O)oc2ccccc12)C(=O)NC1(C#N)CCN(CCN2CCOCC2)CC1. The molecular weight excluding hydrogens is 496 g/mol. The molecule has 0 spiro atoms. The molecule has 1 aromatic carbocycles. The zero-order chi connectivity index (χ0) is 27.9. The zero-order valence-electron chi connectivity index (χ0n) is 23.5. The lowest BCUT2D eigenvalue weighted by molar-refractivity contribution is -0.124. The number of anilines is 1. The maximum atomic E-state index is 13.7. The van der Waals surface area contributed by atoms with Gasteiger partial charge in [-0.1, -0.05) is 39.3 Å². The van der Waals surface area contributed by atoms with Crippen molar-refractivity contribution in [3.63, 3.8) is 0 Å². The van der Waals surface area contributed by atoms with Crippen molar-refractivity contribution >= 4 is 22.7 Å². The lowest BCUT2D eigenvalue weighted by atomic mass is 9.83. The van der Waals surface area contributed by atoms with Crippen LogP contribution < -0.4 is 16.4 Å². The normalized spacial score (nSPS) is 19.3. The molecule has 0 bridgehead atoms. The fourth-order valence-corrected chi connectivity index (χ4v) is 5.13. The lowest BCUT2D eigenvalue weighted by Crippen LogP contribution is -2.58. The van der Waals surface area contributed by atoms with E-state index in [9.17, 15) is 14.9 Å². The van der Waals surface area contributed by atoms with Crippen molar-refractivity contribution in [2.45, 2.75) is 64.5 Å². The van der Waals surface area contributed by atoms with Crippen LogP contribution in [0.2, 0.25) is 0 Å². The third-order valence-electron chi connectivity index (χ3n) is 8.36. The van der Waals surface area contributed by atoms with E-state index in [1.165, 1.54) is 0 Å². The molecular formula is C29H42N6O4. The highest BCUT2D eigenvalue weighted by molar-refractivity contribution is 5.91. The summed E-state index contributed by atoms with van der Waals surface area (Å²) in [5, 5.41) is 17.1. The van der Waals surface area contributed by atoms with E-state index in [0.717, 1.165) is 65.3 Å². The van der Waals surface area contributed by atoms with Gasteiger partial charge >= 0.3 is 5.76 Å². The first-order chi connectivity index (χ1) is 18.7.